The molecule has 0 aliphatic carbocycles. The fourth-order valence-electron chi connectivity index (χ4n) is 2.50. The first kappa shape index (κ1) is 18.7. The monoisotopic (exact) mass is 459 g/mol. The second-order valence-corrected chi connectivity index (χ2v) is 6.25. The lowest BCUT2D eigenvalue weighted by atomic mass is 10.2. The molecule has 9 heteroatoms. The summed E-state index contributed by atoms with van der Waals surface area (Å²) in [6.45, 7) is 5.44. The number of guanidine groups is 1. The Hall–Kier alpha value is -1.62. The van der Waals surface area contributed by atoms with Crippen LogP contribution in [-0.4, -0.2) is 32.2 Å². The second kappa shape index (κ2) is 7.97. The molecule has 0 aliphatic rings. The van der Waals surface area contributed by atoms with E-state index < -0.39 is 0 Å². The van der Waals surface area contributed by atoms with Crippen LogP contribution < -0.4 is 10.6 Å². The van der Waals surface area contributed by atoms with Crippen molar-refractivity contribution in [3.05, 3.63) is 40.4 Å². The molecular weight excluding hydrogens is 437 g/mol. The Morgan fingerprint density at radius 3 is 2.67 bits per heavy atom. The number of aryl methyl sites for hydroxylation is 2. The molecule has 7 nitrogen and oxygen atoms in total. The van der Waals surface area contributed by atoms with Crippen LogP contribution in [0.25, 0.3) is 4.96 Å². The van der Waals surface area contributed by atoms with Gasteiger partial charge >= 0.3 is 0 Å². The molecule has 0 bridgehead atoms. The van der Waals surface area contributed by atoms with E-state index in [2.05, 4.69) is 32.6 Å². The summed E-state index contributed by atoms with van der Waals surface area (Å²) >= 11 is 1.63. The Bertz CT molecular complexity index is 817. The minimum Gasteiger partial charge on any atom is -0.352 e. The van der Waals surface area contributed by atoms with E-state index in [-0.39, 0.29) is 24.0 Å². The quantitative estimate of drug-likeness (QED) is 0.357. The van der Waals surface area contributed by atoms with Crippen molar-refractivity contribution < 1.29 is 0 Å². The molecule has 2 N–H and O–H groups in total. The van der Waals surface area contributed by atoms with Crippen molar-refractivity contribution in [1.82, 2.24) is 29.8 Å². The summed E-state index contributed by atoms with van der Waals surface area (Å²) < 4.78 is 3.93. The maximum absolute atomic E-state index is 4.55. The Labute approximate surface area is 162 Å². The minimum absolute atomic E-state index is 0. The summed E-state index contributed by atoms with van der Waals surface area (Å²) in [6.07, 6.45) is 4.04. The van der Waals surface area contributed by atoms with Gasteiger partial charge in [-0.3, -0.25) is 14.1 Å². The molecule has 3 aromatic heterocycles. The number of thiazole rings is 1. The number of nitrogens with one attached hydrogen (secondary N) is 2. The normalized spacial score (nSPS) is 11.6. The second-order valence-electron chi connectivity index (χ2n) is 5.38. The van der Waals surface area contributed by atoms with Gasteiger partial charge < -0.3 is 10.6 Å². The van der Waals surface area contributed by atoms with Crippen LogP contribution in [0.3, 0.4) is 0 Å². The average molecular weight is 459 g/mol. The first-order valence-electron chi connectivity index (χ1n) is 7.43. The molecule has 24 heavy (non-hydrogen) atoms. The lowest BCUT2D eigenvalue weighted by molar-refractivity contribution is 0.728. The van der Waals surface area contributed by atoms with E-state index in [4.69, 9.17) is 0 Å². The van der Waals surface area contributed by atoms with Gasteiger partial charge in [0.25, 0.3) is 0 Å². The summed E-state index contributed by atoms with van der Waals surface area (Å²) in [6, 6.07) is 0. The third-order valence-corrected chi connectivity index (χ3v) is 4.67. The number of aromatic nitrogens is 4. The van der Waals surface area contributed by atoms with Crippen molar-refractivity contribution in [1.29, 1.82) is 0 Å². The Morgan fingerprint density at radius 1 is 1.29 bits per heavy atom. The summed E-state index contributed by atoms with van der Waals surface area (Å²) in [5.41, 5.74) is 4.41. The number of hydrogen-bond acceptors (Lipinski definition) is 4. The van der Waals surface area contributed by atoms with Crippen LogP contribution in [0.4, 0.5) is 0 Å². The van der Waals surface area contributed by atoms with Gasteiger partial charge in [-0.15, -0.1) is 35.3 Å². The van der Waals surface area contributed by atoms with E-state index in [9.17, 15) is 0 Å². The maximum atomic E-state index is 4.55. The van der Waals surface area contributed by atoms with Gasteiger partial charge in [0.15, 0.2) is 10.9 Å². The number of rotatable bonds is 4. The molecule has 130 valence electrons. The van der Waals surface area contributed by atoms with E-state index in [0.29, 0.717) is 13.1 Å². The number of hydrogen-bond donors (Lipinski definition) is 2. The molecule has 3 rings (SSSR count). The van der Waals surface area contributed by atoms with Gasteiger partial charge in [-0.2, -0.15) is 5.10 Å². The van der Waals surface area contributed by atoms with Gasteiger partial charge in [0.05, 0.1) is 17.9 Å². The number of aliphatic imine (C=N–C) groups is 1. The highest BCUT2D eigenvalue weighted by Gasteiger charge is 2.10. The zero-order valence-corrected chi connectivity index (χ0v) is 17.3. The van der Waals surface area contributed by atoms with Gasteiger partial charge in [0.2, 0.25) is 0 Å². The lowest BCUT2D eigenvalue weighted by Crippen LogP contribution is -2.36. The third-order valence-electron chi connectivity index (χ3n) is 3.90. The van der Waals surface area contributed by atoms with Gasteiger partial charge in [0, 0.05) is 49.7 Å². The van der Waals surface area contributed by atoms with Crippen molar-refractivity contribution in [2.75, 3.05) is 7.05 Å². The van der Waals surface area contributed by atoms with E-state index in [1.54, 1.807) is 18.4 Å². The van der Waals surface area contributed by atoms with Crippen LogP contribution in [0, 0.1) is 13.8 Å². The van der Waals surface area contributed by atoms with Gasteiger partial charge in [0.1, 0.15) is 0 Å². The molecule has 0 fully saturated rings. The molecule has 0 radical (unpaired) electrons. The first-order chi connectivity index (χ1) is 11.1. The lowest BCUT2D eigenvalue weighted by Gasteiger charge is -2.11. The SMILES string of the molecule is CN=C(NCc1cn2ccsc2n1)NCc1c(C)nn(C)c1C.I. The fourth-order valence-corrected chi connectivity index (χ4v) is 3.22. The molecule has 0 spiro atoms. The summed E-state index contributed by atoms with van der Waals surface area (Å²) in [7, 11) is 3.73. The minimum atomic E-state index is 0. The smallest absolute Gasteiger partial charge is 0.193 e. The standard InChI is InChI=1S/C15H21N7S.HI/c1-10-13(11(2)21(4)20-10)8-18-14(16-3)17-7-12-9-22-5-6-23-15(22)19-12;/h5-6,9H,7-8H2,1-4H3,(H2,16,17,18);1H. The van der Waals surface area contributed by atoms with Crippen LogP contribution in [0.2, 0.25) is 0 Å². The predicted octanol–water partition coefficient (Wildman–Crippen LogP) is 2.23. The Kier molecular flexibility index (Phi) is 6.21. The highest BCUT2D eigenvalue weighted by atomic mass is 127. The van der Waals surface area contributed by atoms with E-state index >= 15 is 0 Å². The van der Waals surface area contributed by atoms with Crippen molar-refractivity contribution in [3.8, 4) is 0 Å². The number of fused-ring (bicyclic) bond motifs is 1. The van der Waals surface area contributed by atoms with Crippen molar-refractivity contribution in [3.63, 3.8) is 0 Å². The highest BCUT2D eigenvalue weighted by molar-refractivity contribution is 14.0. The molecule has 0 saturated heterocycles. The van der Waals surface area contributed by atoms with Crippen LogP contribution in [0.5, 0.6) is 0 Å². The largest absolute Gasteiger partial charge is 0.352 e. The van der Waals surface area contributed by atoms with Crippen LogP contribution in [-0.2, 0) is 20.1 Å². The number of halogens is 1. The van der Waals surface area contributed by atoms with Crippen LogP contribution in [0.1, 0.15) is 22.6 Å². The van der Waals surface area contributed by atoms with E-state index in [1.807, 2.05) is 40.8 Å². The van der Waals surface area contributed by atoms with Crippen molar-refractivity contribution in [2.45, 2.75) is 26.9 Å². The Balaban J connectivity index is 0.00000208. The fraction of sp³-hybridized carbons (Fsp3) is 0.400. The van der Waals surface area contributed by atoms with E-state index in [1.165, 1.54) is 11.3 Å². The van der Waals surface area contributed by atoms with Gasteiger partial charge in [-0.05, 0) is 13.8 Å². The molecule has 0 aliphatic heterocycles. The van der Waals surface area contributed by atoms with Gasteiger partial charge in [-0.25, -0.2) is 4.98 Å². The van der Waals surface area contributed by atoms with Gasteiger partial charge in [-0.1, -0.05) is 0 Å². The molecule has 3 aromatic rings. The molecule has 0 amide bonds. The molecule has 0 saturated carbocycles. The van der Waals surface area contributed by atoms with Crippen molar-refractivity contribution >= 4 is 46.2 Å². The topological polar surface area (TPSA) is 71.5 Å². The third kappa shape index (κ3) is 3.89. The summed E-state index contributed by atoms with van der Waals surface area (Å²) in [4.78, 5) is 9.82. The summed E-state index contributed by atoms with van der Waals surface area (Å²) in [5.74, 6) is 0.754. The summed E-state index contributed by atoms with van der Waals surface area (Å²) in [5, 5.41) is 13.1. The molecule has 0 unspecified atom stereocenters. The zero-order chi connectivity index (χ0) is 16.4. The highest BCUT2D eigenvalue weighted by Crippen LogP contribution is 2.12. The molecule has 3 heterocycles. The van der Waals surface area contributed by atoms with Crippen LogP contribution in [0.15, 0.2) is 22.8 Å². The molecule has 0 aromatic carbocycles. The van der Waals surface area contributed by atoms with Crippen LogP contribution >= 0.6 is 35.3 Å². The van der Waals surface area contributed by atoms with E-state index in [0.717, 1.165) is 22.3 Å². The molecule has 0 atom stereocenters. The maximum Gasteiger partial charge on any atom is 0.193 e. The first-order valence-corrected chi connectivity index (χ1v) is 8.31. The number of nitrogens with zero attached hydrogens (tertiary/aromatic N) is 5. The zero-order valence-electron chi connectivity index (χ0n) is 14.2. The van der Waals surface area contributed by atoms with Crippen molar-refractivity contribution in [2.24, 2.45) is 12.0 Å². The molecular formula is C15H22IN7S. The average Bonchev–Trinajstić information content (AvgIpc) is 3.16. The Morgan fingerprint density at radius 2 is 2.04 bits per heavy atom. The number of imidazole rings is 1. The predicted molar refractivity (Wildman–Crippen MR) is 108 cm³/mol.